The first-order chi connectivity index (χ1) is 19.0. The fourth-order valence-electron chi connectivity index (χ4n) is 5.64. The number of rotatable bonds is 4. The van der Waals surface area contributed by atoms with Gasteiger partial charge in [-0.1, -0.05) is 23.8 Å². The van der Waals surface area contributed by atoms with E-state index in [4.69, 9.17) is 9.47 Å². The largest absolute Gasteiger partial charge is 0.492 e. The molecule has 0 unspecified atom stereocenters. The van der Waals surface area contributed by atoms with E-state index < -0.39 is 0 Å². The van der Waals surface area contributed by atoms with Crippen LogP contribution in [0.1, 0.15) is 59.7 Å². The van der Waals surface area contributed by atoms with Gasteiger partial charge in [-0.05, 0) is 68.4 Å². The number of aromatic nitrogens is 2. The number of hydrogen-bond acceptors (Lipinski definition) is 5. The van der Waals surface area contributed by atoms with Gasteiger partial charge in [-0.25, -0.2) is 4.98 Å². The second-order valence-corrected chi connectivity index (χ2v) is 10.8. The number of imidazole rings is 1. The number of amides is 2. The number of para-hydroxylation sites is 1. The van der Waals surface area contributed by atoms with Crippen LogP contribution in [0, 0.1) is 5.41 Å². The first-order valence-corrected chi connectivity index (χ1v) is 13.9. The second-order valence-electron chi connectivity index (χ2n) is 10.8. The molecule has 1 saturated heterocycles. The zero-order valence-electron chi connectivity index (χ0n) is 22.9. The number of ether oxygens (including phenoxy) is 2. The Hall–Kier alpha value is -3.65. The van der Waals surface area contributed by atoms with Crippen LogP contribution in [0.5, 0.6) is 5.75 Å². The van der Waals surface area contributed by atoms with Crippen LogP contribution in [0.15, 0.2) is 60.4 Å². The van der Waals surface area contributed by atoms with E-state index in [0.29, 0.717) is 49.7 Å². The van der Waals surface area contributed by atoms with E-state index >= 15 is 0 Å². The predicted octanol–water partition coefficient (Wildman–Crippen LogP) is 4.84. The van der Waals surface area contributed by atoms with Crippen molar-refractivity contribution < 1.29 is 19.1 Å². The average Bonchev–Trinajstić information content (AvgIpc) is 3.37. The van der Waals surface area contributed by atoms with E-state index in [1.165, 1.54) is 5.57 Å². The highest BCUT2D eigenvalue weighted by Crippen LogP contribution is 2.37. The minimum absolute atomic E-state index is 0.0358. The van der Waals surface area contributed by atoms with Crippen molar-refractivity contribution in [1.29, 1.82) is 0 Å². The van der Waals surface area contributed by atoms with Crippen molar-refractivity contribution in [2.75, 3.05) is 40.0 Å². The highest BCUT2D eigenvalue weighted by Gasteiger charge is 2.36. The molecule has 0 bridgehead atoms. The maximum atomic E-state index is 13.4. The molecule has 0 atom stereocenters. The van der Waals surface area contributed by atoms with Crippen molar-refractivity contribution in [3.63, 3.8) is 0 Å². The van der Waals surface area contributed by atoms with Gasteiger partial charge >= 0.3 is 0 Å². The molecule has 0 radical (unpaired) electrons. The van der Waals surface area contributed by atoms with Crippen molar-refractivity contribution in [3.8, 4) is 5.75 Å². The minimum Gasteiger partial charge on any atom is -0.492 e. The van der Waals surface area contributed by atoms with Crippen LogP contribution >= 0.6 is 0 Å². The number of likely N-dealkylation sites (tertiary alicyclic amines) is 1. The summed E-state index contributed by atoms with van der Waals surface area (Å²) >= 11 is 0. The zero-order chi connectivity index (χ0) is 27.2. The molecule has 1 N–H and O–H groups in total. The lowest BCUT2D eigenvalue weighted by Crippen LogP contribution is -2.48. The molecule has 5 rings (SSSR count). The number of carbonyl (C=O) groups is 2. The van der Waals surface area contributed by atoms with Crippen LogP contribution in [-0.4, -0.2) is 66.2 Å². The Kier molecular flexibility index (Phi) is 8.31. The van der Waals surface area contributed by atoms with Crippen molar-refractivity contribution in [3.05, 3.63) is 71.6 Å². The Labute approximate surface area is 230 Å². The first kappa shape index (κ1) is 26.9. The molecule has 0 aliphatic carbocycles. The van der Waals surface area contributed by atoms with Gasteiger partial charge < -0.3 is 24.3 Å². The van der Waals surface area contributed by atoms with Gasteiger partial charge in [0, 0.05) is 45.3 Å². The molecule has 3 aromatic rings. The van der Waals surface area contributed by atoms with E-state index in [1.54, 1.807) is 13.4 Å². The van der Waals surface area contributed by atoms with Crippen LogP contribution in [-0.2, 0) is 11.3 Å². The molecule has 8 heteroatoms. The normalized spacial score (nSPS) is 19.6. The predicted molar refractivity (Wildman–Crippen MR) is 151 cm³/mol. The Morgan fingerprint density at radius 2 is 1.97 bits per heavy atom. The molecular weight excluding hydrogens is 492 g/mol. The summed E-state index contributed by atoms with van der Waals surface area (Å²) in [6, 6.07) is 13.2. The lowest BCUT2D eigenvalue weighted by molar-refractivity contribution is 0.0544. The third-order valence-electron chi connectivity index (χ3n) is 8.19. The molecule has 206 valence electrons. The van der Waals surface area contributed by atoms with Crippen molar-refractivity contribution in [2.24, 2.45) is 5.41 Å². The second kappa shape index (κ2) is 12.0. The Bertz CT molecular complexity index is 1350. The maximum absolute atomic E-state index is 13.4. The van der Waals surface area contributed by atoms with Gasteiger partial charge in [0.2, 0.25) is 0 Å². The van der Waals surface area contributed by atoms with Gasteiger partial charge in [0.05, 0.1) is 36.1 Å². The number of nitrogens with one attached hydrogen (secondary N) is 1. The number of methoxy groups -OCH3 is 1. The minimum atomic E-state index is -0.106. The van der Waals surface area contributed by atoms with Crippen LogP contribution in [0.4, 0.5) is 0 Å². The van der Waals surface area contributed by atoms with Gasteiger partial charge in [0.15, 0.2) is 0 Å². The van der Waals surface area contributed by atoms with Crippen LogP contribution in [0.3, 0.4) is 0 Å². The number of fused-ring (bicyclic) bond motifs is 2. The van der Waals surface area contributed by atoms with Gasteiger partial charge in [0.25, 0.3) is 11.8 Å². The first-order valence-electron chi connectivity index (χ1n) is 13.9. The molecule has 2 amide bonds. The number of piperidine rings is 1. The molecule has 39 heavy (non-hydrogen) atoms. The lowest BCUT2D eigenvalue weighted by atomic mass is 9.74. The summed E-state index contributed by atoms with van der Waals surface area (Å²) in [4.78, 5) is 33.0. The fourth-order valence-corrected chi connectivity index (χ4v) is 5.64. The van der Waals surface area contributed by atoms with Crippen molar-refractivity contribution >= 4 is 22.8 Å². The fraction of sp³-hybridized carbons (Fsp3) is 0.452. The molecule has 3 heterocycles. The third-order valence-corrected chi connectivity index (χ3v) is 8.19. The van der Waals surface area contributed by atoms with Gasteiger partial charge in [0.1, 0.15) is 5.75 Å². The zero-order valence-corrected chi connectivity index (χ0v) is 22.9. The smallest absolute Gasteiger partial charge is 0.255 e. The summed E-state index contributed by atoms with van der Waals surface area (Å²) in [6.07, 6.45) is 8.54. The monoisotopic (exact) mass is 530 g/mol. The highest BCUT2D eigenvalue weighted by molar-refractivity contribution is 5.98. The highest BCUT2D eigenvalue weighted by atomic mass is 16.5. The standard InChI is InChI=1S/C31H38N4O4/c1-23-6-5-12-31(21-32-29(36)25-7-3-4-8-28(25)39-18-11-23)13-15-34(16-14-31)30(37)24-9-10-27-26(20-24)33-22-35(27)17-19-38-2/h3-4,6-10,20,22H,5,11-19,21H2,1-2H3,(H,32,36)/b23-6+. The molecular formula is C31H38N4O4. The van der Waals surface area contributed by atoms with E-state index in [1.807, 2.05) is 51.9 Å². The lowest BCUT2D eigenvalue weighted by Gasteiger charge is -2.42. The summed E-state index contributed by atoms with van der Waals surface area (Å²) in [5, 5.41) is 3.20. The van der Waals surface area contributed by atoms with Crippen LogP contribution in [0.25, 0.3) is 11.0 Å². The molecule has 1 spiro atoms. The summed E-state index contributed by atoms with van der Waals surface area (Å²) < 4.78 is 13.2. The summed E-state index contributed by atoms with van der Waals surface area (Å²) in [7, 11) is 1.68. The summed E-state index contributed by atoms with van der Waals surface area (Å²) in [6.45, 7) is 5.93. The average molecular weight is 531 g/mol. The van der Waals surface area contributed by atoms with Gasteiger partial charge in [-0.15, -0.1) is 0 Å². The molecule has 8 nitrogen and oxygen atoms in total. The number of hydrogen-bond donors (Lipinski definition) is 1. The number of carbonyl (C=O) groups excluding carboxylic acids is 2. The topological polar surface area (TPSA) is 85.7 Å². The van der Waals surface area contributed by atoms with E-state index in [-0.39, 0.29) is 17.2 Å². The van der Waals surface area contributed by atoms with E-state index in [9.17, 15) is 9.59 Å². The van der Waals surface area contributed by atoms with E-state index in [0.717, 1.165) is 49.7 Å². The van der Waals surface area contributed by atoms with E-state index in [2.05, 4.69) is 23.3 Å². The van der Waals surface area contributed by atoms with Gasteiger partial charge in [-0.3, -0.25) is 9.59 Å². The summed E-state index contributed by atoms with van der Waals surface area (Å²) in [5.41, 5.74) is 4.28. The van der Waals surface area contributed by atoms with Crippen molar-refractivity contribution in [2.45, 2.75) is 45.6 Å². The molecule has 1 aromatic heterocycles. The number of benzene rings is 2. The molecule has 2 aliphatic heterocycles. The summed E-state index contributed by atoms with van der Waals surface area (Å²) in [5.74, 6) is 0.552. The number of allylic oxidation sites excluding steroid dienone is 1. The third kappa shape index (κ3) is 6.17. The Morgan fingerprint density at radius 3 is 2.79 bits per heavy atom. The van der Waals surface area contributed by atoms with Crippen molar-refractivity contribution in [1.82, 2.24) is 19.8 Å². The number of nitrogens with zero attached hydrogens (tertiary/aromatic N) is 3. The molecule has 0 saturated carbocycles. The van der Waals surface area contributed by atoms with Gasteiger partial charge in [-0.2, -0.15) is 0 Å². The van der Waals surface area contributed by atoms with Crippen LogP contribution in [0.2, 0.25) is 0 Å². The SMILES string of the molecule is COCCn1cnc2cc(C(=O)N3CCC4(CC/C=C(\C)CCOc5ccccc5C(=O)NC4)CC3)ccc21. The molecule has 1 fully saturated rings. The maximum Gasteiger partial charge on any atom is 0.255 e. The Balaban J connectivity index is 1.28. The molecule has 2 aromatic carbocycles. The van der Waals surface area contributed by atoms with Crippen LogP contribution < -0.4 is 10.1 Å². The Morgan fingerprint density at radius 1 is 1.15 bits per heavy atom. The molecule has 2 aliphatic rings. The quantitative estimate of drug-likeness (QED) is 0.488.